The van der Waals surface area contributed by atoms with E-state index in [4.69, 9.17) is 19.3 Å². The minimum atomic E-state index is -2.54. The maximum Gasteiger partial charge on any atom is 0.420 e. The fourth-order valence-electron chi connectivity index (χ4n) is 1.92. The Balaban J connectivity index is 6.20. The quantitative estimate of drug-likeness (QED) is 0.528. The number of nitrogens with zero attached hydrogens (tertiary/aromatic N) is 1. The van der Waals surface area contributed by atoms with Gasteiger partial charge in [-0.15, -0.1) is 0 Å². The van der Waals surface area contributed by atoms with Crippen LogP contribution in [0.2, 0.25) is 0 Å². The third-order valence-corrected chi connectivity index (χ3v) is 2.87. The second kappa shape index (κ2) is 9.41. The first kappa shape index (κ1) is 26.6. The number of hydrogen-bond acceptors (Lipinski definition) is 7. The molecule has 0 aromatic heterocycles. The van der Waals surface area contributed by atoms with Crippen molar-refractivity contribution in [3.63, 3.8) is 0 Å². The van der Waals surface area contributed by atoms with Crippen LogP contribution in [-0.2, 0) is 23.8 Å². The predicted molar refractivity (Wildman–Crippen MR) is 101 cm³/mol. The number of imide groups is 1. The molecule has 0 radical (unpaired) electrons. The van der Waals surface area contributed by atoms with E-state index >= 15 is 0 Å². The Bertz CT molecular complexity index is 600. The second-order valence-electron chi connectivity index (χ2n) is 9.42. The van der Waals surface area contributed by atoms with E-state index in [-0.39, 0.29) is 4.90 Å². The van der Waals surface area contributed by atoms with Crippen LogP contribution in [0.1, 0.15) is 68.7 Å². The molecule has 0 saturated heterocycles. The molecular weight excluding hydrogens is 388 g/mol. The molecule has 0 aliphatic heterocycles. The van der Waals surface area contributed by atoms with Crippen molar-refractivity contribution in [1.29, 1.82) is 0 Å². The molecule has 1 N–H and O–H groups in total. The Morgan fingerprint density at radius 1 is 0.793 bits per heavy atom. The lowest BCUT2D eigenvalue weighted by molar-refractivity contribution is -0.162. The van der Waals surface area contributed by atoms with Crippen molar-refractivity contribution in [3.05, 3.63) is 0 Å². The van der Waals surface area contributed by atoms with Gasteiger partial charge in [0.15, 0.2) is 6.17 Å². The fourth-order valence-corrected chi connectivity index (χ4v) is 1.92. The van der Waals surface area contributed by atoms with Gasteiger partial charge in [-0.05, 0) is 62.3 Å². The first-order valence-electron chi connectivity index (χ1n) is 9.08. The van der Waals surface area contributed by atoms with Crippen molar-refractivity contribution in [2.75, 3.05) is 0 Å². The zero-order valence-electron chi connectivity index (χ0n) is 18.5. The van der Waals surface area contributed by atoms with Crippen molar-refractivity contribution in [2.45, 2.75) is 97.8 Å². The summed E-state index contributed by atoms with van der Waals surface area (Å²) >= 11 is 0. The van der Waals surface area contributed by atoms with E-state index in [2.05, 4.69) is 0 Å². The number of carboxylic acid groups (broad SMARTS) is 1. The van der Waals surface area contributed by atoms with Crippen LogP contribution in [0.25, 0.3) is 0 Å². The van der Waals surface area contributed by atoms with Crippen LogP contribution in [0.5, 0.6) is 0 Å². The lowest BCUT2D eigenvalue weighted by atomic mass is 10.1. The van der Waals surface area contributed by atoms with Gasteiger partial charge in [-0.25, -0.2) is 23.6 Å². The molecular formula is C19H32FNO8. The first-order chi connectivity index (χ1) is 12.7. The number of carboxylic acids is 1. The molecule has 0 spiro atoms. The Morgan fingerprint density at radius 3 is 1.41 bits per heavy atom. The lowest BCUT2D eigenvalue weighted by Crippen LogP contribution is -2.54. The van der Waals surface area contributed by atoms with Crippen LogP contribution in [0.4, 0.5) is 14.0 Å². The molecule has 0 unspecified atom stereocenters. The highest BCUT2D eigenvalue weighted by Gasteiger charge is 2.44. The lowest BCUT2D eigenvalue weighted by Gasteiger charge is -2.33. The van der Waals surface area contributed by atoms with Crippen molar-refractivity contribution >= 4 is 24.1 Å². The molecule has 168 valence electrons. The molecule has 2 atom stereocenters. The van der Waals surface area contributed by atoms with E-state index in [1.807, 2.05) is 0 Å². The number of rotatable bonds is 5. The Hall–Kier alpha value is -2.39. The van der Waals surface area contributed by atoms with Gasteiger partial charge in [0, 0.05) is 6.42 Å². The predicted octanol–water partition coefficient (Wildman–Crippen LogP) is 3.68. The summed E-state index contributed by atoms with van der Waals surface area (Å²) in [5, 5.41) is 8.90. The molecule has 2 amide bonds. The summed E-state index contributed by atoms with van der Waals surface area (Å²) in [6.07, 6.45) is -6.15. The first-order valence-corrected chi connectivity index (χ1v) is 9.08. The normalized spacial score (nSPS) is 14.4. The number of ether oxygens (including phenoxy) is 3. The zero-order valence-corrected chi connectivity index (χ0v) is 18.5. The topological polar surface area (TPSA) is 119 Å². The smallest absolute Gasteiger partial charge is 0.420 e. The third kappa shape index (κ3) is 10.7. The standard InChI is InChI=1S/C19H32FNO8/c1-17(2,3)27-14(24)12(10-11(20)13(22)23)21(15(25)28-18(4,5)6)16(26)29-19(7,8)9/h11-12H,10H2,1-9H3,(H,22,23)/t11-,12-/m0/s1/i20-1. The number of carbonyl (C=O) groups is 4. The number of alkyl halides is 1. The van der Waals surface area contributed by atoms with Gasteiger partial charge in [0.2, 0.25) is 0 Å². The van der Waals surface area contributed by atoms with Crippen molar-refractivity contribution in [1.82, 2.24) is 4.90 Å². The Kier molecular flexibility index (Phi) is 8.63. The van der Waals surface area contributed by atoms with Crippen molar-refractivity contribution in [3.8, 4) is 0 Å². The number of amides is 2. The highest BCUT2D eigenvalue weighted by molar-refractivity contribution is 5.94. The molecule has 29 heavy (non-hydrogen) atoms. The molecule has 0 aliphatic carbocycles. The van der Waals surface area contributed by atoms with Gasteiger partial charge in [-0.1, -0.05) is 0 Å². The summed E-state index contributed by atoms with van der Waals surface area (Å²) < 4.78 is 29.5. The number of aliphatic carboxylic acids is 1. The van der Waals surface area contributed by atoms with Crippen molar-refractivity contribution in [2.24, 2.45) is 0 Å². The minimum Gasteiger partial charge on any atom is -0.479 e. The number of esters is 1. The second-order valence-corrected chi connectivity index (χ2v) is 9.42. The van der Waals surface area contributed by atoms with E-state index in [1.54, 1.807) is 0 Å². The maximum absolute atomic E-state index is 14.0. The Morgan fingerprint density at radius 2 is 1.14 bits per heavy atom. The van der Waals surface area contributed by atoms with Crippen LogP contribution in [0.3, 0.4) is 0 Å². The fraction of sp³-hybridized carbons (Fsp3) is 0.789. The molecule has 0 aromatic rings. The SMILES string of the molecule is CC(C)(C)OC(=O)[C@H](C[C@H]([18F])C(=O)O)N(C(=O)OC(C)(C)C)C(=O)OC(C)(C)C. The summed E-state index contributed by atoms with van der Waals surface area (Å²) in [5.74, 6) is -3.02. The van der Waals surface area contributed by atoms with Crippen LogP contribution in [-0.4, -0.2) is 63.1 Å². The summed E-state index contributed by atoms with van der Waals surface area (Å²) in [5.41, 5.74) is -3.16. The van der Waals surface area contributed by atoms with Gasteiger partial charge >= 0.3 is 24.1 Å². The van der Waals surface area contributed by atoms with Crippen LogP contribution < -0.4 is 0 Å². The number of carbonyl (C=O) groups excluding carboxylic acids is 3. The van der Waals surface area contributed by atoms with Gasteiger partial charge in [0.05, 0.1) is 0 Å². The van der Waals surface area contributed by atoms with E-state index < -0.39 is 59.6 Å². The molecule has 10 heteroatoms. The van der Waals surface area contributed by atoms with Crippen LogP contribution in [0.15, 0.2) is 0 Å². The summed E-state index contributed by atoms with van der Waals surface area (Å²) in [7, 11) is 0. The summed E-state index contributed by atoms with van der Waals surface area (Å²) in [6.45, 7) is 13.7. The average molecular weight is 420 g/mol. The van der Waals surface area contributed by atoms with Gasteiger partial charge in [-0.3, -0.25) is 0 Å². The van der Waals surface area contributed by atoms with Gasteiger partial charge in [0.25, 0.3) is 0 Å². The number of halogens is 1. The molecule has 0 aliphatic rings. The molecule has 0 aromatic carbocycles. The zero-order chi connectivity index (χ0) is 23.4. The molecule has 0 bridgehead atoms. The summed E-state index contributed by atoms with van der Waals surface area (Å²) in [4.78, 5) is 49.3. The van der Waals surface area contributed by atoms with Crippen LogP contribution in [0, 0.1) is 0 Å². The molecule has 0 saturated carbocycles. The van der Waals surface area contributed by atoms with E-state index in [1.165, 1.54) is 62.3 Å². The van der Waals surface area contributed by atoms with Gasteiger partial charge in [-0.2, -0.15) is 4.90 Å². The third-order valence-electron chi connectivity index (χ3n) is 2.87. The van der Waals surface area contributed by atoms with E-state index in [9.17, 15) is 23.6 Å². The summed E-state index contributed by atoms with van der Waals surface area (Å²) in [6, 6.07) is -1.91. The highest BCUT2D eigenvalue weighted by atomic mass is 18.2. The van der Waals surface area contributed by atoms with Gasteiger partial charge in [0.1, 0.15) is 22.8 Å². The number of hydrogen-bond donors (Lipinski definition) is 1. The largest absolute Gasteiger partial charge is 0.479 e. The molecule has 0 fully saturated rings. The Labute approximate surface area is 170 Å². The molecule has 9 nitrogen and oxygen atoms in total. The monoisotopic (exact) mass is 420 g/mol. The van der Waals surface area contributed by atoms with E-state index in [0.717, 1.165) is 0 Å². The van der Waals surface area contributed by atoms with Crippen LogP contribution >= 0.6 is 0 Å². The minimum absolute atomic E-state index is 0.264. The molecule has 0 rings (SSSR count). The molecule has 0 heterocycles. The highest BCUT2D eigenvalue weighted by Crippen LogP contribution is 2.22. The average Bonchev–Trinajstić information content (AvgIpc) is 2.40. The van der Waals surface area contributed by atoms with E-state index in [0.29, 0.717) is 0 Å². The maximum atomic E-state index is 14.0. The van der Waals surface area contributed by atoms with Gasteiger partial charge < -0.3 is 19.3 Å². The van der Waals surface area contributed by atoms with Crippen molar-refractivity contribution < 1.29 is 42.9 Å².